The van der Waals surface area contributed by atoms with Crippen LogP contribution in [0.3, 0.4) is 0 Å². The number of carbonyl (C=O) groups is 2. The summed E-state index contributed by atoms with van der Waals surface area (Å²) in [4.78, 5) is 29.3. The largest absolute Gasteiger partial charge is 0.497 e. The lowest BCUT2D eigenvalue weighted by Crippen LogP contribution is -2.47. The Hall–Kier alpha value is -4.78. The van der Waals surface area contributed by atoms with Crippen LogP contribution in [-0.4, -0.2) is 37.2 Å². The molecule has 2 amide bonds. The summed E-state index contributed by atoms with van der Waals surface area (Å²) in [5.41, 5.74) is 1.67. The highest BCUT2D eigenvalue weighted by atomic mass is 16.6. The molecule has 5 rings (SSSR count). The molecule has 0 bridgehead atoms. The zero-order valence-corrected chi connectivity index (χ0v) is 24.1. The fourth-order valence-corrected chi connectivity index (χ4v) is 5.22. The van der Waals surface area contributed by atoms with Crippen molar-refractivity contribution in [3.63, 3.8) is 0 Å². The topological polar surface area (TPSA) is 74.3 Å². The molecular weight excluding hydrogens is 530 g/mol. The number of benzene rings is 4. The first-order valence-corrected chi connectivity index (χ1v) is 14.1. The highest BCUT2D eigenvalue weighted by Gasteiger charge is 2.49. The van der Waals surface area contributed by atoms with E-state index >= 15 is 0 Å². The molecule has 0 spiro atoms. The van der Waals surface area contributed by atoms with Crippen LogP contribution < -0.4 is 14.2 Å². The average molecular weight is 566 g/mol. The standard InChI is InChI=1S/C35H35NO6/c1-4-20-40-29-17-11-16-27(21-29)35(2,33(37)36-31(24-42-34(36)38)26-14-9-6-10-15-26)30-19-18-28(39-3)22-32(30)41-23-25-12-7-5-8-13-25/h5-19,21-22,31H,4,20,23-24H2,1-3H3/t31-,35+/m1/s1. The van der Waals surface area contributed by atoms with Gasteiger partial charge in [0.05, 0.1) is 13.7 Å². The van der Waals surface area contributed by atoms with Crippen molar-refractivity contribution in [2.24, 2.45) is 0 Å². The highest BCUT2D eigenvalue weighted by Crippen LogP contribution is 2.44. The van der Waals surface area contributed by atoms with Gasteiger partial charge < -0.3 is 18.9 Å². The van der Waals surface area contributed by atoms with Crippen LogP contribution in [0.25, 0.3) is 0 Å². The lowest BCUT2D eigenvalue weighted by Gasteiger charge is -2.35. The second-order valence-corrected chi connectivity index (χ2v) is 10.3. The number of hydrogen-bond donors (Lipinski definition) is 0. The molecule has 0 aliphatic carbocycles. The minimum atomic E-state index is -1.36. The van der Waals surface area contributed by atoms with Gasteiger partial charge in [-0.25, -0.2) is 9.69 Å². The van der Waals surface area contributed by atoms with E-state index in [1.807, 2.05) is 105 Å². The SMILES string of the molecule is CCCOc1cccc([C@](C)(C(=O)N2C(=O)OC[C@@H]2c2ccccc2)c2ccc(OC)cc2OCc2ccccc2)c1. The second kappa shape index (κ2) is 12.8. The Morgan fingerprint density at radius 1 is 0.905 bits per heavy atom. The summed E-state index contributed by atoms with van der Waals surface area (Å²) in [5.74, 6) is 1.26. The molecule has 2 atom stereocenters. The van der Waals surface area contributed by atoms with Crippen molar-refractivity contribution in [2.45, 2.75) is 38.3 Å². The van der Waals surface area contributed by atoms with Crippen molar-refractivity contribution in [3.8, 4) is 17.2 Å². The van der Waals surface area contributed by atoms with E-state index in [4.69, 9.17) is 18.9 Å². The van der Waals surface area contributed by atoms with Gasteiger partial charge in [0.15, 0.2) is 0 Å². The monoisotopic (exact) mass is 565 g/mol. The molecule has 1 aliphatic rings. The van der Waals surface area contributed by atoms with Crippen LogP contribution in [0, 0.1) is 0 Å². The van der Waals surface area contributed by atoms with Crippen LogP contribution in [0.15, 0.2) is 103 Å². The van der Waals surface area contributed by atoms with Gasteiger partial charge in [-0.2, -0.15) is 0 Å². The summed E-state index contributed by atoms with van der Waals surface area (Å²) >= 11 is 0. The molecule has 0 unspecified atom stereocenters. The molecule has 0 N–H and O–H groups in total. The van der Waals surface area contributed by atoms with Crippen LogP contribution in [0.1, 0.15) is 48.6 Å². The molecule has 4 aromatic rings. The molecule has 7 heteroatoms. The third-order valence-electron chi connectivity index (χ3n) is 7.55. The number of imide groups is 1. The van der Waals surface area contributed by atoms with Crippen molar-refractivity contribution < 1.29 is 28.5 Å². The number of rotatable bonds is 11. The number of cyclic esters (lactones) is 1. The molecule has 0 saturated carbocycles. The average Bonchev–Trinajstić information content (AvgIpc) is 3.43. The van der Waals surface area contributed by atoms with Crippen molar-refractivity contribution in [2.75, 3.05) is 20.3 Å². The van der Waals surface area contributed by atoms with Gasteiger partial charge in [-0.05, 0) is 48.2 Å². The minimum Gasteiger partial charge on any atom is -0.497 e. The normalized spacial score (nSPS) is 15.9. The lowest BCUT2D eigenvalue weighted by molar-refractivity contribution is -0.133. The maximum absolute atomic E-state index is 14.9. The Kier molecular flexibility index (Phi) is 8.77. The van der Waals surface area contributed by atoms with Gasteiger partial charge in [0.1, 0.15) is 41.9 Å². The zero-order valence-electron chi connectivity index (χ0n) is 24.1. The van der Waals surface area contributed by atoms with E-state index in [1.165, 1.54) is 4.90 Å². The predicted molar refractivity (Wildman–Crippen MR) is 160 cm³/mol. The molecule has 1 aliphatic heterocycles. The van der Waals surface area contributed by atoms with Crippen molar-refractivity contribution in [1.82, 2.24) is 4.90 Å². The minimum absolute atomic E-state index is 0.0737. The van der Waals surface area contributed by atoms with E-state index in [-0.39, 0.29) is 13.2 Å². The van der Waals surface area contributed by atoms with Gasteiger partial charge in [-0.3, -0.25) is 4.79 Å². The van der Waals surface area contributed by atoms with Gasteiger partial charge >= 0.3 is 6.09 Å². The molecule has 7 nitrogen and oxygen atoms in total. The fraction of sp³-hybridized carbons (Fsp3) is 0.257. The fourth-order valence-electron chi connectivity index (χ4n) is 5.22. The van der Waals surface area contributed by atoms with Gasteiger partial charge in [-0.15, -0.1) is 0 Å². The van der Waals surface area contributed by atoms with Crippen LogP contribution in [0.5, 0.6) is 17.2 Å². The van der Waals surface area contributed by atoms with Gasteiger partial charge in [0.2, 0.25) is 5.91 Å². The zero-order chi connectivity index (χ0) is 29.5. The Labute approximate surface area is 246 Å². The maximum atomic E-state index is 14.9. The smallest absolute Gasteiger partial charge is 0.417 e. The van der Waals surface area contributed by atoms with E-state index < -0.39 is 23.5 Å². The summed E-state index contributed by atoms with van der Waals surface area (Å²) in [6.07, 6.45) is 0.160. The van der Waals surface area contributed by atoms with Crippen molar-refractivity contribution in [1.29, 1.82) is 0 Å². The molecule has 1 saturated heterocycles. The number of methoxy groups -OCH3 is 1. The summed E-state index contributed by atoms with van der Waals surface area (Å²) in [7, 11) is 1.58. The first-order chi connectivity index (χ1) is 20.5. The summed E-state index contributed by atoms with van der Waals surface area (Å²) < 4.78 is 23.3. The molecule has 4 aromatic carbocycles. The van der Waals surface area contributed by atoms with Crippen LogP contribution in [0.2, 0.25) is 0 Å². The van der Waals surface area contributed by atoms with Gasteiger partial charge in [-0.1, -0.05) is 85.8 Å². The van der Waals surface area contributed by atoms with Crippen molar-refractivity contribution >= 4 is 12.0 Å². The molecule has 0 radical (unpaired) electrons. The molecule has 216 valence electrons. The predicted octanol–water partition coefficient (Wildman–Crippen LogP) is 7.09. The summed E-state index contributed by atoms with van der Waals surface area (Å²) in [5, 5.41) is 0. The van der Waals surface area contributed by atoms with Crippen LogP contribution >= 0.6 is 0 Å². The molecule has 1 fully saturated rings. The summed E-state index contributed by atoms with van der Waals surface area (Å²) in [6.45, 7) is 4.75. The van der Waals surface area contributed by atoms with E-state index in [1.54, 1.807) is 19.2 Å². The lowest BCUT2D eigenvalue weighted by atomic mass is 9.74. The first kappa shape index (κ1) is 28.7. The van der Waals surface area contributed by atoms with E-state index in [0.29, 0.717) is 35.0 Å². The Morgan fingerprint density at radius 3 is 2.36 bits per heavy atom. The number of ether oxygens (including phenoxy) is 4. The molecule has 42 heavy (non-hydrogen) atoms. The Morgan fingerprint density at radius 2 is 1.64 bits per heavy atom. The number of hydrogen-bond acceptors (Lipinski definition) is 6. The van der Waals surface area contributed by atoms with Crippen LogP contribution in [-0.2, 0) is 21.6 Å². The third-order valence-corrected chi connectivity index (χ3v) is 7.55. The maximum Gasteiger partial charge on any atom is 0.417 e. The Balaban J connectivity index is 1.65. The second-order valence-electron chi connectivity index (χ2n) is 10.3. The van der Waals surface area contributed by atoms with E-state index in [0.717, 1.165) is 17.5 Å². The molecular formula is C35H35NO6. The third kappa shape index (κ3) is 5.81. The van der Waals surface area contributed by atoms with E-state index in [9.17, 15) is 9.59 Å². The number of carbonyl (C=O) groups excluding carboxylic acids is 2. The number of nitrogens with zero attached hydrogens (tertiary/aromatic N) is 1. The van der Waals surface area contributed by atoms with Gasteiger partial charge in [0.25, 0.3) is 0 Å². The van der Waals surface area contributed by atoms with Crippen LogP contribution in [0.4, 0.5) is 4.79 Å². The molecule has 0 aromatic heterocycles. The van der Waals surface area contributed by atoms with Gasteiger partial charge in [0, 0.05) is 11.6 Å². The Bertz CT molecular complexity index is 1520. The summed E-state index contributed by atoms with van der Waals surface area (Å²) in [6, 6.07) is 31.5. The van der Waals surface area contributed by atoms with E-state index in [2.05, 4.69) is 0 Å². The quantitative estimate of drug-likeness (QED) is 0.193. The molecule has 1 heterocycles. The first-order valence-electron chi connectivity index (χ1n) is 14.1. The number of amides is 2. The highest BCUT2D eigenvalue weighted by molar-refractivity contribution is 6.02. The van der Waals surface area contributed by atoms with Crippen molar-refractivity contribution in [3.05, 3.63) is 125 Å².